The van der Waals surface area contributed by atoms with Crippen LogP contribution in [0.15, 0.2) is 65.3 Å². The van der Waals surface area contributed by atoms with Crippen molar-refractivity contribution in [1.82, 2.24) is 15.1 Å². The lowest BCUT2D eigenvalue weighted by Crippen LogP contribution is -2.49. The van der Waals surface area contributed by atoms with Gasteiger partial charge in [0.1, 0.15) is 0 Å². The number of carbonyl (C=O) groups is 2. The number of furan rings is 1. The van der Waals surface area contributed by atoms with E-state index in [1.807, 2.05) is 36.4 Å². The van der Waals surface area contributed by atoms with Gasteiger partial charge in [-0.2, -0.15) is 0 Å². The highest BCUT2D eigenvalue weighted by Crippen LogP contribution is 2.16. The van der Waals surface area contributed by atoms with Crippen LogP contribution in [0.1, 0.15) is 16.1 Å². The molecule has 8 heteroatoms. The summed E-state index contributed by atoms with van der Waals surface area (Å²) in [7, 11) is 0. The number of rotatable bonds is 5. The van der Waals surface area contributed by atoms with E-state index in [4.69, 9.17) is 4.42 Å². The number of amides is 2. The van der Waals surface area contributed by atoms with Gasteiger partial charge in [0, 0.05) is 26.2 Å². The third-order valence-corrected chi connectivity index (χ3v) is 4.75. The number of carbonyl (C=O) groups excluding carboxylic acids is 2. The predicted molar refractivity (Wildman–Crippen MR) is 108 cm³/mol. The molecule has 1 saturated heterocycles. The Hall–Kier alpha value is -3.68. The number of piperazine rings is 1. The highest BCUT2D eigenvalue weighted by atomic mass is 16.3. The average Bonchev–Trinajstić information content (AvgIpc) is 3.29. The predicted octanol–water partition coefficient (Wildman–Crippen LogP) is 2.21. The first-order chi connectivity index (χ1) is 14.2. The molecule has 1 N–H and O–H groups in total. The molecule has 1 aromatic carbocycles. The van der Waals surface area contributed by atoms with Crippen molar-refractivity contribution in [3.63, 3.8) is 0 Å². The van der Waals surface area contributed by atoms with Gasteiger partial charge >= 0.3 is 0 Å². The Morgan fingerprint density at radius 2 is 1.72 bits per heavy atom. The SMILES string of the molecule is O=C(Cc1ccccc1)Nc1ccc(N2CCN(C(=O)c3ccco3)CC2)nn1. The number of anilines is 2. The molecule has 0 radical (unpaired) electrons. The molecule has 3 heterocycles. The van der Waals surface area contributed by atoms with Crippen LogP contribution in [0.25, 0.3) is 0 Å². The molecule has 0 unspecified atom stereocenters. The van der Waals surface area contributed by atoms with E-state index in [0.29, 0.717) is 37.8 Å². The largest absolute Gasteiger partial charge is 0.459 e. The van der Waals surface area contributed by atoms with Crippen LogP contribution in [0, 0.1) is 0 Å². The van der Waals surface area contributed by atoms with Crippen molar-refractivity contribution in [3.05, 3.63) is 72.2 Å². The Morgan fingerprint density at radius 3 is 2.38 bits per heavy atom. The van der Waals surface area contributed by atoms with Gasteiger partial charge in [-0.1, -0.05) is 30.3 Å². The molecule has 0 bridgehead atoms. The standard InChI is InChI=1S/C21H21N5O3/c27-20(15-16-5-2-1-3-6-16)22-18-8-9-19(24-23-18)25-10-12-26(13-11-25)21(28)17-7-4-14-29-17/h1-9,14H,10-13,15H2,(H,22,23,27). The van der Waals surface area contributed by atoms with E-state index in [-0.39, 0.29) is 18.2 Å². The highest BCUT2D eigenvalue weighted by Gasteiger charge is 2.24. The summed E-state index contributed by atoms with van der Waals surface area (Å²) in [5, 5.41) is 11.1. The summed E-state index contributed by atoms with van der Waals surface area (Å²) in [4.78, 5) is 28.3. The lowest BCUT2D eigenvalue weighted by Gasteiger charge is -2.34. The summed E-state index contributed by atoms with van der Waals surface area (Å²) < 4.78 is 5.18. The van der Waals surface area contributed by atoms with Gasteiger partial charge in [-0.05, 0) is 29.8 Å². The maximum atomic E-state index is 12.3. The Morgan fingerprint density at radius 1 is 0.931 bits per heavy atom. The molecular weight excluding hydrogens is 370 g/mol. The summed E-state index contributed by atoms with van der Waals surface area (Å²) in [6.45, 7) is 2.47. The first kappa shape index (κ1) is 18.7. The minimum Gasteiger partial charge on any atom is -0.459 e. The fourth-order valence-electron chi connectivity index (χ4n) is 3.22. The maximum absolute atomic E-state index is 12.3. The molecule has 29 heavy (non-hydrogen) atoms. The van der Waals surface area contributed by atoms with Gasteiger partial charge in [-0.3, -0.25) is 9.59 Å². The lowest BCUT2D eigenvalue weighted by atomic mass is 10.1. The van der Waals surface area contributed by atoms with E-state index in [1.54, 1.807) is 23.1 Å². The van der Waals surface area contributed by atoms with Crippen molar-refractivity contribution in [3.8, 4) is 0 Å². The number of nitrogens with one attached hydrogen (secondary N) is 1. The van der Waals surface area contributed by atoms with Gasteiger partial charge < -0.3 is 19.5 Å². The number of hydrogen-bond donors (Lipinski definition) is 1. The van der Waals surface area contributed by atoms with Gasteiger partial charge in [0.2, 0.25) is 5.91 Å². The van der Waals surface area contributed by atoms with Gasteiger partial charge in [-0.25, -0.2) is 0 Å². The van der Waals surface area contributed by atoms with Crippen LogP contribution >= 0.6 is 0 Å². The Balaban J connectivity index is 1.29. The zero-order chi connectivity index (χ0) is 20.1. The third kappa shape index (κ3) is 4.60. The molecule has 3 aromatic rings. The van der Waals surface area contributed by atoms with Crippen LogP contribution in [0.3, 0.4) is 0 Å². The molecule has 0 saturated carbocycles. The normalized spacial score (nSPS) is 13.9. The molecule has 0 aliphatic carbocycles. The molecule has 4 rings (SSSR count). The molecular formula is C21H21N5O3. The van der Waals surface area contributed by atoms with Gasteiger partial charge in [-0.15, -0.1) is 10.2 Å². The van der Waals surface area contributed by atoms with Crippen molar-refractivity contribution in [1.29, 1.82) is 0 Å². The van der Waals surface area contributed by atoms with Crippen LogP contribution in [0.2, 0.25) is 0 Å². The molecule has 0 spiro atoms. The van der Waals surface area contributed by atoms with Crippen molar-refractivity contribution in [2.75, 3.05) is 36.4 Å². The highest BCUT2D eigenvalue weighted by molar-refractivity contribution is 5.92. The van der Waals surface area contributed by atoms with E-state index in [0.717, 1.165) is 11.4 Å². The zero-order valence-electron chi connectivity index (χ0n) is 15.8. The van der Waals surface area contributed by atoms with Crippen LogP contribution in [0.5, 0.6) is 0 Å². The monoisotopic (exact) mass is 391 g/mol. The van der Waals surface area contributed by atoms with Crippen LogP contribution < -0.4 is 10.2 Å². The number of aromatic nitrogens is 2. The second kappa shape index (κ2) is 8.55. The molecule has 1 aliphatic heterocycles. The second-order valence-electron chi connectivity index (χ2n) is 6.74. The fourth-order valence-corrected chi connectivity index (χ4v) is 3.22. The molecule has 1 aliphatic rings. The lowest BCUT2D eigenvalue weighted by molar-refractivity contribution is -0.115. The number of nitrogens with zero attached hydrogens (tertiary/aromatic N) is 4. The number of hydrogen-bond acceptors (Lipinski definition) is 6. The van der Waals surface area contributed by atoms with Crippen LogP contribution in [0.4, 0.5) is 11.6 Å². The smallest absolute Gasteiger partial charge is 0.289 e. The van der Waals surface area contributed by atoms with Crippen molar-refractivity contribution in [2.45, 2.75) is 6.42 Å². The topological polar surface area (TPSA) is 91.6 Å². The summed E-state index contributed by atoms with van der Waals surface area (Å²) in [5.41, 5.74) is 0.941. The molecule has 148 valence electrons. The van der Waals surface area contributed by atoms with E-state index in [9.17, 15) is 9.59 Å². The quantitative estimate of drug-likeness (QED) is 0.717. The summed E-state index contributed by atoms with van der Waals surface area (Å²) >= 11 is 0. The Kier molecular flexibility index (Phi) is 5.51. The minimum absolute atomic E-state index is 0.0998. The number of benzene rings is 1. The zero-order valence-corrected chi connectivity index (χ0v) is 15.8. The molecule has 0 atom stereocenters. The first-order valence-corrected chi connectivity index (χ1v) is 9.44. The van der Waals surface area contributed by atoms with E-state index in [1.165, 1.54) is 6.26 Å². The Labute approximate surface area is 168 Å². The van der Waals surface area contributed by atoms with Crippen molar-refractivity contribution < 1.29 is 14.0 Å². The van der Waals surface area contributed by atoms with E-state index >= 15 is 0 Å². The average molecular weight is 391 g/mol. The van der Waals surface area contributed by atoms with E-state index in [2.05, 4.69) is 20.4 Å². The second-order valence-corrected chi connectivity index (χ2v) is 6.74. The van der Waals surface area contributed by atoms with Gasteiger partial charge in [0.05, 0.1) is 12.7 Å². The van der Waals surface area contributed by atoms with Gasteiger partial charge in [0.15, 0.2) is 17.4 Å². The van der Waals surface area contributed by atoms with Gasteiger partial charge in [0.25, 0.3) is 5.91 Å². The third-order valence-electron chi connectivity index (χ3n) is 4.75. The summed E-state index contributed by atoms with van der Waals surface area (Å²) in [6, 6.07) is 16.5. The van der Waals surface area contributed by atoms with Crippen molar-refractivity contribution >= 4 is 23.5 Å². The van der Waals surface area contributed by atoms with Crippen molar-refractivity contribution in [2.24, 2.45) is 0 Å². The molecule has 1 fully saturated rings. The Bertz CT molecular complexity index is 950. The van der Waals surface area contributed by atoms with Crippen LogP contribution in [-0.4, -0.2) is 53.1 Å². The van der Waals surface area contributed by atoms with Crippen LogP contribution in [-0.2, 0) is 11.2 Å². The fraction of sp³-hybridized carbons (Fsp3) is 0.238. The molecule has 8 nitrogen and oxygen atoms in total. The minimum atomic E-state index is -0.136. The first-order valence-electron chi connectivity index (χ1n) is 9.44. The summed E-state index contributed by atoms with van der Waals surface area (Å²) in [6.07, 6.45) is 1.79. The maximum Gasteiger partial charge on any atom is 0.289 e. The molecule has 2 amide bonds. The van der Waals surface area contributed by atoms with E-state index < -0.39 is 0 Å². The molecule has 2 aromatic heterocycles. The summed E-state index contributed by atoms with van der Waals surface area (Å²) in [5.74, 6) is 1.26.